The van der Waals surface area contributed by atoms with Crippen LogP contribution < -0.4 is 25.3 Å². The number of methoxy groups -OCH3 is 1. The van der Waals surface area contributed by atoms with E-state index >= 15 is 0 Å². The molecule has 2 saturated carbocycles. The number of anilines is 1. The molecule has 2 aliphatic carbocycles. The molecule has 2 aliphatic rings. The molecule has 33 heavy (non-hydrogen) atoms. The van der Waals surface area contributed by atoms with Gasteiger partial charge in [-0.25, -0.2) is 13.3 Å². The Morgan fingerprint density at radius 3 is 2.85 bits per heavy atom. The third kappa shape index (κ3) is 4.26. The number of ether oxygens (including phenoxy) is 3. The summed E-state index contributed by atoms with van der Waals surface area (Å²) < 4.78 is 42.3. The van der Waals surface area contributed by atoms with Gasteiger partial charge >= 0.3 is 0 Å². The van der Waals surface area contributed by atoms with Crippen LogP contribution in [0.2, 0.25) is 0 Å². The lowest BCUT2D eigenvalue weighted by molar-refractivity contribution is -0.0757. The van der Waals surface area contributed by atoms with Crippen molar-refractivity contribution in [3.63, 3.8) is 0 Å². The SMILES string of the molecule is COc1nc(OC2CC3(CC(Nc4cnn5cc(OCC(F)F)ccc45)C3)C2)c(C(N)=O)s1. The Morgan fingerprint density at radius 1 is 1.36 bits per heavy atom. The molecule has 2 fully saturated rings. The third-order valence-corrected chi connectivity index (χ3v) is 7.17. The molecule has 0 bridgehead atoms. The van der Waals surface area contributed by atoms with E-state index in [1.165, 1.54) is 7.11 Å². The summed E-state index contributed by atoms with van der Waals surface area (Å²) >= 11 is 1.08. The van der Waals surface area contributed by atoms with Crippen molar-refractivity contribution in [2.75, 3.05) is 19.0 Å². The molecule has 1 amide bonds. The number of primary amides is 1. The van der Waals surface area contributed by atoms with Crippen LogP contribution >= 0.6 is 11.3 Å². The Hall–Kier alpha value is -3.15. The number of fused-ring (bicyclic) bond motifs is 1. The number of hydrogen-bond acceptors (Lipinski definition) is 8. The average molecular weight is 480 g/mol. The summed E-state index contributed by atoms with van der Waals surface area (Å²) in [5.74, 6) is 0.0214. The first-order chi connectivity index (χ1) is 15.8. The largest absolute Gasteiger partial charge is 0.486 e. The van der Waals surface area contributed by atoms with Gasteiger partial charge in [0.2, 0.25) is 5.88 Å². The molecular weight excluding hydrogens is 456 g/mol. The quantitative estimate of drug-likeness (QED) is 0.484. The molecule has 3 N–H and O–H groups in total. The monoisotopic (exact) mass is 479 g/mol. The van der Waals surface area contributed by atoms with Gasteiger partial charge in [0.15, 0.2) is 4.88 Å². The highest BCUT2D eigenvalue weighted by atomic mass is 32.1. The number of halogens is 2. The van der Waals surface area contributed by atoms with Gasteiger partial charge in [0.25, 0.3) is 17.5 Å². The molecule has 0 aliphatic heterocycles. The van der Waals surface area contributed by atoms with E-state index in [0.717, 1.165) is 48.2 Å². The Labute approximate surface area is 191 Å². The van der Waals surface area contributed by atoms with Crippen LogP contribution in [-0.2, 0) is 0 Å². The second-order valence-electron chi connectivity index (χ2n) is 8.53. The van der Waals surface area contributed by atoms with Gasteiger partial charge in [0, 0.05) is 6.04 Å². The zero-order valence-electron chi connectivity index (χ0n) is 17.8. The van der Waals surface area contributed by atoms with Gasteiger partial charge in [0.1, 0.15) is 18.5 Å². The fraction of sp³-hybridized carbons (Fsp3) is 0.476. The summed E-state index contributed by atoms with van der Waals surface area (Å²) in [6.07, 6.45) is 4.58. The third-order valence-electron chi connectivity index (χ3n) is 6.16. The lowest BCUT2D eigenvalue weighted by Crippen LogP contribution is -2.56. The number of nitrogens with two attached hydrogens (primary N) is 1. The second kappa shape index (κ2) is 8.32. The number of rotatable bonds is 9. The molecule has 0 atom stereocenters. The van der Waals surface area contributed by atoms with Crippen LogP contribution in [0.3, 0.4) is 0 Å². The molecule has 0 radical (unpaired) electrons. The fourth-order valence-electron chi connectivity index (χ4n) is 4.72. The summed E-state index contributed by atoms with van der Waals surface area (Å²) in [6.45, 7) is -0.646. The van der Waals surface area contributed by atoms with E-state index in [4.69, 9.17) is 19.9 Å². The minimum Gasteiger partial charge on any atom is -0.486 e. The van der Waals surface area contributed by atoms with E-state index in [9.17, 15) is 13.6 Å². The van der Waals surface area contributed by atoms with Crippen LogP contribution in [0.15, 0.2) is 24.5 Å². The summed E-state index contributed by atoms with van der Waals surface area (Å²) in [4.78, 5) is 16.1. The van der Waals surface area contributed by atoms with E-state index in [2.05, 4.69) is 15.4 Å². The van der Waals surface area contributed by atoms with Crippen molar-refractivity contribution in [3.05, 3.63) is 29.4 Å². The predicted octanol–water partition coefficient (Wildman–Crippen LogP) is 3.34. The first kappa shape index (κ1) is 21.7. The number of amides is 1. The zero-order chi connectivity index (χ0) is 23.2. The van der Waals surface area contributed by atoms with Crippen molar-refractivity contribution in [3.8, 4) is 16.8 Å². The highest BCUT2D eigenvalue weighted by Crippen LogP contribution is 2.57. The van der Waals surface area contributed by atoms with E-state index < -0.39 is 18.9 Å². The normalized spacial score (nSPS) is 23.9. The lowest BCUT2D eigenvalue weighted by atomic mass is 9.53. The van der Waals surface area contributed by atoms with Crippen molar-refractivity contribution in [2.45, 2.75) is 44.3 Å². The number of nitrogens with zero attached hydrogens (tertiary/aromatic N) is 3. The molecule has 176 valence electrons. The van der Waals surface area contributed by atoms with Crippen LogP contribution in [0.4, 0.5) is 14.5 Å². The van der Waals surface area contributed by atoms with Crippen LogP contribution in [0.1, 0.15) is 35.4 Å². The van der Waals surface area contributed by atoms with Gasteiger partial charge in [-0.15, -0.1) is 0 Å². The van der Waals surface area contributed by atoms with E-state index in [1.54, 1.807) is 29.0 Å². The molecule has 1 spiro atoms. The maximum Gasteiger partial charge on any atom is 0.277 e. The number of pyridine rings is 1. The molecule has 3 heterocycles. The highest BCUT2D eigenvalue weighted by molar-refractivity contribution is 7.15. The Kier molecular flexibility index (Phi) is 5.47. The number of carbonyl (C=O) groups excluding carboxylic acids is 1. The second-order valence-corrected chi connectivity index (χ2v) is 9.50. The standard InChI is InChI=1S/C21H23F2N5O4S/c1-30-20-27-19(17(33-20)18(24)29)32-13-6-21(7-13)4-11(5-21)26-14-8-25-28-9-12(2-3-15(14)28)31-10-16(22)23/h2-3,8-9,11,13,16,26H,4-7,10H2,1H3,(H2,24,29). The van der Waals surface area contributed by atoms with E-state index in [-0.39, 0.29) is 22.3 Å². The van der Waals surface area contributed by atoms with Crippen molar-refractivity contribution in [2.24, 2.45) is 11.1 Å². The minimum atomic E-state index is -2.52. The smallest absolute Gasteiger partial charge is 0.277 e. The number of hydrogen-bond donors (Lipinski definition) is 2. The fourth-order valence-corrected chi connectivity index (χ4v) is 5.39. The minimum absolute atomic E-state index is 0.000469. The van der Waals surface area contributed by atoms with Gasteiger partial charge in [-0.2, -0.15) is 10.1 Å². The molecule has 0 unspecified atom stereocenters. The molecule has 3 aromatic heterocycles. The van der Waals surface area contributed by atoms with E-state index in [0.29, 0.717) is 17.0 Å². The number of thiazole rings is 1. The number of carbonyl (C=O) groups is 1. The summed E-state index contributed by atoms with van der Waals surface area (Å²) in [5, 5.41) is 8.16. The van der Waals surface area contributed by atoms with Crippen molar-refractivity contribution in [1.29, 1.82) is 0 Å². The van der Waals surface area contributed by atoms with Crippen molar-refractivity contribution >= 4 is 28.4 Å². The summed E-state index contributed by atoms with van der Waals surface area (Å²) in [5.41, 5.74) is 7.39. The maximum absolute atomic E-state index is 12.3. The van der Waals surface area contributed by atoms with Gasteiger partial charge < -0.3 is 25.3 Å². The van der Waals surface area contributed by atoms with Crippen molar-refractivity contribution < 1.29 is 27.8 Å². The zero-order valence-corrected chi connectivity index (χ0v) is 18.6. The van der Waals surface area contributed by atoms with Crippen LogP contribution in [0.5, 0.6) is 16.8 Å². The van der Waals surface area contributed by atoms with Gasteiger partial charge in [-0.3, -0.25) is 4.79 Å². The Balaban J connectivity index is 1.14. The molecule has 0 aromatic carbocycles. The summed E-state index contributed by atoms with van der Waals surface area (Å²) in [6, 6.07) is 3.78. The van der Waals surface area contributed by atoms with E-state index in [1.807, 2.05) is 0 Å². The van der Waals surface area contributed by atoms with Gasteiger partial charge in [0.05, 0.1) is 30.7 Å². The topological polar surface area (TPSA) is 113 Å². The Morgan fingerprint density at radius 2 is 2.15 bits per heavy atom. The first-order valence-electron chi connectivity index (χ1n) is 10.5. The maximum atomic E-state index is 12.3. The van der Waals surface area contributed by atoms with Crippen LogP contribution in [0.25, 0.3) is 5.52 Å². The average Bonchev–Trinajstić information content (AvgIpc) is 3.32. The summed E-state index contributed by atoms with van der Waals surface area (Å²) in [7, 11) is 1.48. The predicted molar refractivity (Wildman–Crippen MR) is 117 cm³/mol. The van der Waals surface area contributed by atoms with Gasteiger partial charge in [-0.05, 0) is 43.2 Å². The molecular formula is C21H23F2N5O4S. The molecule has 9 nitrogen and oxygen atoms in total. The molecule has 3 aromatic rings. The first-order valence-corrected chi connectivity index (χ1v) is 11.3. The number of alkyl halides is 2. The lowest BCUT2D eigenvalue weighted by Gasteiger charge is -2.57. The van der Waals surface area contributed by atoms with Crippen molar-refractivity contribution in [1.82, 2.24) is 14.6 Å². The highest BCUT2D eigenvalue weighted by Gasteiger charge is 2.54. The van der Waals surface area contributed by atoms with Crippen LogP contribution in [-0.4, -0.2) is 52.8 Å². The molecule has 5 rings (SSSR count). The number of nitrogens with one attached hydrogen (secondary N) is 1. The number of aromatic nitrogens is 3. The van der Waals surface area contributed by atoms with Crippen LogP contribution in [0, 0.1) is 5.41 Å². The van der Waals surface area contributed by atoms with Gasteiger partial charge in [-0.1, -0.05) is 11.3 Å². The molecule has 12 heteroatoms. The molecule has 0 saturated heterocycles. The Bertz CT molecular complexity index is 1170.